The van der Waals surface area contributed by atoms with E-state index in [0.29, 0.717) is 0 Å². The predicted octanol–water partition coefficient (Wildman–Crippen LogP) is 3.93. The second-order valence-corrected chi connectivity index (χ2v) is 6.05. The summed E-state index contributed by atoms with van der Waals surface area (Å²) in [6.45, 7) is 14.0. The molecule has 1 spiro atoms. The van der Waals surface area contributed by atoms with Crippen molar-refractivity contribution in [3.8, 4) is 0 Å². The minimum atomic E-state index is 0.768. The lowest BCUT2D eigenvalue weighted by Crippen LogP contribution is -2.57. The topological polar surface area (TPSA) is 3.24 Å². The van der Waals surface area contributed by atoms with E-state index in [1.165, 1.54) is 38.8 Å². The molecule has 2 rings (SSSR count). The smallest absolute Gasteiger partial charge is 0.00533 e. The molecule has 0 bridgehead atoms. The zero-order valence-electron chi connectivity index (χ0n) is 11.3. The Labute approximate surface area is 96.2 Å². The van der Waals surface area contributed by atoms with Gasteiger partial charge in [-0.1, -0.05) is 33.6 Å². The van der Waals surface area contributed by atoms with Crippen LogP contribution in [-0.4, -0.2) is 24.0 Å². The molecule has 1 saturated heterocycles. The first-order valence-corrected chi connectivity index (χ1v) is 6.77. The highest BCUT2D eigenvalue weighted by atomic mass is 15.2. The largest absolute Gasteiger partial charge is 0.300 e. The summed E-state index contributed by atoms with van der Waals surface area (Å²) in [6, 6.07) is 0.770. The quantitative estimate of drug-likeness (QED) is 0.635. The summed E-state index contributed by atoms with van der Waals surface area (Å²) in [7, 11) is 0. The van der Waals surface area contributed by atoms with E-state index in [1.807, 2.05) is 0 Å². The Bertz CT molecular complexity index is 180. The van der Waals surface area contributed by atoms with Crippen LogP contribution in [0.1, 0.15) is 60.3 Å². The zero-order valence-corrected chi connectivity index (χ0v) is 11.3. The molecule has 1 heteroatoms. The molecule has 1 aliphatic carbocycles. The molecule has 1 unspecified atom stereocenters. The van der Waals surface area contributed by atoms with Crippen molar-refractivity contribution in [1.29, 1.82) is 0 Å². The van der Waals surface area contributed by atoms with E-state index >= 15 is 0 Å². The van der Waals surface area contributed by atoms with E-state index in [-0.39, 0.29) is 0 Å². The number of hydrogen-bond acceptors (Lipinski definition) is 1. The Morgan fingerprint density at radius 2 is 1.80 bits per heavy atom. The molecule has 1 atom stereocenters. The van der Waals surface area contributed by atoms with Crippen molar-refractivity contribution in [3.63, 3.8) is 0 Å². The van der Waals surface area contributed by atoms with Crippen LogP contribution in [0.5, 0.6) is 0 Å². The van der Waals surface area contributed by atoms with Gasteiger partial charge in [0.05, 0.1) is 0 Å². The van der Waals surface area contributed by atoms with Crippen LogP contribution in [0.2, 0.25) is 0 Å². The van der Waals surface area contributed by atoms with Crippen molar-refractivity contribution in [2.24, 2.45) is 11.3 Å². The lowest BCUT2D eigenvalue weighted by Gasteiger charge is -2.50. The molecule has 0 aromatic carbocycles. The highest BCUT2D eigenvalue weighted by molar-refractivity contribution is 5.00. The minimum absolute atomic E-state index is 0.768. The highest BCUT2D eigenvalue weighted by Crippen LogP contribution is 2.48. The van der Waals surface area contributed by atoms with Gasteiger partial charge in [0.25, 0.3) is 0 Å². The van der Waals surface area contributed by atoms with Crippen LogP contribution in [0, 0.1) is 11.3 Å². The minimum Gasteiger partial charge on any atom is -0.300 e. The monoisotopic (exact) mass is 211 g/mol. The molecule has 90 valence electrons. The Morgan fingerprint density at radius 3 is 2.13 bits per heavy atom. The van der Waals surface area contributed by atoms with Gasteiger partial charge in [-0.05, 0) is 38.0 Å². The van der Waals surface area contributed by atoms with E-state index in [2.05, 4.69) is 39.5 Å². The van der Waals surface area contributed by atoms with Gasteiger partial charge in [-0.25, -0.2) is 0 Å². The molecule has 15 heavy (non-hydrogen) atoms. The lowest BCUT2D eigenvalue weighted by atomic mass is 9.77. The van der Waals surface area contributed by atoms with Crippen LogP contribution in [-0.2, 0) is 0 Å². The second kappa shape index (κ2) is 5.34. The van der Waals surface area contributed by atoms with Gasteiger partial charge in [0.15, 0.2) is 0 Å². The summed E-state index contributed by atoms with van der Waals surface area (Å²) in [5.74, 6) is 0.999. The van der Waals surface area contributed by atoms with E-state index in [1.54, 1.807) is 0 Å². The number of likely N-dealkylation sites (tertiary alicyclic amines) is 1. The fourth-order valence-electron chi connectivity index (χ4n) is 2.96. The molecular formula is C14H29N. The van der Waals surface area contributed by atoms with Crippen LogP contribution < -0.4 is 0 Å². The standard InChI is InChI=1S/C11H21N.C3H8/c1-9(2)12-7-11(8-12)5-4-10(3)6-11;1-3-2/h9-10H,4-8H2,1-3H3;3H2,1-2H3. The summed E-state index contributed by atoms with van der Waals surface area (Å²) in [4.78, 5) is 2.61. The molecule has 2 fully saturated rings. The number of nitrogens with zero attached hydrogens (tertiary/aromatic N) is 1. The third-order valence-electron chi connectivity index (χ3n) is 3.76. The van der Waals surface area contributed by atoms with E-state index in [0.717, 1.165) is 17.4 Å². The van der Waals surface area contributed by atoms with Crippen molar-refractivity contribution in [1.82, 2.24) is 4.90 Å². The Morgan fingerprint density at radius 1 is 1.27 bits per heavy atom. The second-order valence-electron chi connectivity index (χ2n) is 6.05. The third kappa shape index (κ3) is 3.21. The van der Waals surface area contributed by atoms with Crippen molar-refractivity contribution < 1.29 is 0 Å². The Hall–Kier alpha value is -0.0400. The average Bonchev–Trinajstić information content (AvgIpc) is 2.46. The van der Waals surface area contributed by atoms with Gasteiger partial charge in [0.2, 0.25) is 0 Å². The molecule has 0 radical (unpaired) electrons. The maximum atomic E-state index is 2.61. The summed E-state index contributed by atoms with van der Waals surface area (Å²) >= 11 is 0. The van der Waals surface area contributed by atoms with E-state index in [9.17, 15) is 0 Å². The van der Waals surface area contributed by atoms with Crippen molar-refractivity contribution in [2.45, 2.75) is 66.3 Å². The SMILES string of the molecule is CC1CCC2(C1)CN(C(C)C)C2.CCC. The van der Waals surface area contributed by atoms with Gasteiger partial charge in [-0.2, -0.15) is 0 Å². The van der Waals surface area contributed by atoms with E-state index < -0.39 is 0 Å². The first-order chi connectivity index (χ1) is 7.03. The van der Waals surface area contributed by atoms with Crippen LogP contribution in [0.3, 0.4) is 0 Å². The first-order valence-electron chi connectivity index (χ1n) is 6.77. The molecule has 1 saturated carbocycles. The molecule has 0 amide bonds. The summed E-state index contributed by atoms with van der Waals surface area (Å²) in [5, 5.41) is 0. The van der Waals surface area contributed by atoms with Crippen molar-refractivity contribution in [2.75, 3.05) is 13.1 Å². The number of hydrogen-bond donors (Lipinski definition) is 0. The van der Waals surface area contributed by atoms with Crippen molar-refractivity contribution in [3.05, 3.63) is 0 Å². The molecular weight excluding hydrogens is 182 g/mol. The van der Waals surface area contributed by atoms with Crippen LogP contribution in [0.25, 0.3) is 0 Å². The van der Waals surface area contributed by atoms with Crippen LogP contribution in [0.4, 0.5) is 0 Å². The fraction of sp³-hybridized carbons (Fsp3) is 1.00. The first kappa shape index (κ1) is 13.0. The fourth-order valence-corrected chi connectivity index (χ4v) is 2.96. The molecule has 0 aromatic rings. The van der Waals surface area contributed by atoms with Gasteiger partial charge in [-0.15, -0.1) is 0 Å². The molecule has 1 nitrogen and oxygen atoms in total. The highest BCUT2D eigenvalue weighted by Gasteiger charge is 2.47. The predicted molar refractivity (Wildman–Crippen MR) is 68.1 cm³/mol. The van der Waals surface area contributed by atoms with Crippen LogP contribution in [0.15, 0.2) is 0 Å². The van der Waals surface area contributed by atoms with Gasteiger partial charge < -0.3 is 0 Å². The molecule has 0 N–H and O–H groups in total. The van der Waals surface area contributed by atoms with Crippen molar-refractivity contribution >= 4 is 0 Å². The van der Waals surface area contributed by atoms with Crippen LogP contribution >= 0.6 is 0 Å². The maximum absolute atomic E-state index is 2.61. The normalized spacial score (nSPS) is 28.8. The summed E-state index contributed by atoms with van der Waals surface area (Å²) in [6.07, 6.45) is 5.72. The molecule has 0 aromatic heterocycles. The third-order valence-corrected chi connectivity index (χ3v) is 3.76. The lowest BCUT2D eigenvalue weighted by molar-refractivity contribution is -0.0189. The number of rotatable bonds is 1. The maximum Gasteiger partial charge on any atom is 0.00533 e. The van der Waals surface area contributed by atoms with Gasteiger partial charge >= 0.3 is 0 Å². The summed E-state index contributed by atoms with van der Waals surface area (Å²) < 4.78 is 0. The molecule has 2 aliphatic rings. The Balaban J connectivity index is 0.000000337. The Kier molecular flexibility index (Phi) is 4.64. The van der Waals surface area contributed by atoms with E-state index in [4.69, 9.17) is 0 Å². The average molecular weight is 211 g/mol. The molecule has 1 aliphatic heterocycles. The van der Waals surface area contributed by atoms with Gasteiger partial charge in [0.1, 0.15) is 0 Å². The molecule has 1 heterocycles. The van der Waals surface area contributed by atoms with Gasteiger partial charge in [-0.3, -0.25) is 4.90 Å². The van der Waals surface area contributed by atoms with Gasteiger partial charge in [0, 0.05) is 19.1 Å². The zero-order chi connectivity index (χ0) is 11.5. The summed E-state index contributed by atoms with van der Waals surface area (Å²) in [5.41, 5.74) is 0.768.